The zero-order valence-electron chi connectivity index (χ0n) is 15.3. The molecule has 0 heterocycles. The molecule has 2 aromatic rings. The van der Waals surface area contributed by atoms with Crippen LogP contribution in [0.25, 0.3) is 0 Å². The molecule has 0 unspecified atom stereocenters. The summed E-state index contributed by atoms with van der Waals surface area (Å²) in [5, 5.41) is 10.1. The molecule has 0 aliphatic heterocycles. The zero-order chi connectivity index (χ0) is 18.9. The van der Waals surface area contributed by atoms with Gasteiger partial charge in [0.2, 0.25) is 0 Å². The molecule has 6 nitrogen and oxygen atoms in total. The maximum atomic E-state index is 12.4. The lowest BCUT2D eigenvalue weighted by Gasteiger charge is -2.24. The molecule has 1 N–H and O–H groups in total. The number of hydrogen-bond donors (Lipinski definition) is 1. The summed E-state index contributed by atoms with van der Waals surface area (Å²) in [5.41, 5.74) is 0. The summed E-state index contributed by atoms with van der Waals surface area (Å²) in [6.07, 6.45) is -1.45. The Bertz CT molecular complexity index is 674. The van der Waals surface area contributed by atoms with Gasteiger partial charge in [-0.15, -0.1) is 0 Å². The Kier molecular flexibility index (Phi) is 7.29. The Morgan fingerprint density at radius 3 is 2.27 bits per heavy atom. The summed E-state index contributed by atoms with van der Waals surface area (Å²) in [4.78, 5) is 13.8. The van der Waals surface area contributed by atoms with Gasteiger partial charge in [-0.1, -0.05) is 18.2 Å². The highest BCUT2D eigenvalue weighted by atomic mass is 16.5. The number of carbonyl (C=O) groups is 1. The van der Waals surface area contributed by atoms with E-state index < -0.39 is 12.2 Å². The van der Waals surface area contributed by atoms with Gasteiger partial charge in [0.25, 0.3) is 5.91 Å². The van der Waals surface area contributed by atoms with Gasteiger partial charge in [-0.2, -0.15) is 0 Å². The topological polar surface area (TPSA) is 68.2 Å². The number of amides is 1. The molecule has 0 radical (unpaired) electrons. The molecule has 0 spiro atoms. The Balaban J connectivity index is 1.77. The first-order valence-electron chi connectivity index (χ1n) is 8.41. The van der Waals surface area contributed by atoms with Crippen molar-refractivity contribution in [1.29, 1.82) is 0 Å². The lowest BCUT2D eigenvalue weighted by molar-refractivity contribution is -0.138. The van der Waals surface area contributed by atoms with Crippen LogP contribution in [-0.4, -0.2) is 55.4 Å². The largest absolute Gasteiger partial charge is 0.497 e. The minimum atomic E-state index is -0.810. The molecule has 6 heteroatoms. The van der Waals surface area contributed by atoms with E-state index >= 15 is 0 Å². The van der Waals surface area contributed by atoms with Crippen molar-refractivity contribution in [3.8, 4) is 17.2 Å². The molecule has 2 aromatic carbocycles. The molecule has 0 aliphatic rings. The third-order valence-electron chi connectivity index (χ3n) is 3.77. The van der Waals surface area contributed by atoms with Crippen LogP contribution in [0.5, 0.6) is 17.2 Å². The van der Waals surface area contributed by atoms with E-state index in [2.05, 4.69) is 0 Å². The second kappa shape index (κ2) is 9.68. The Labute approximate surface area is 153 Å². The second-order valence-electron chi connectivity index (χ2n) is 5.93. The van der Waals surface area contributed by atoms with Gasteiger partial charge in [-0.05, 0) is 43.3 Å². The van der Waals surface area contributed by atoms with Gasteiger partial charge in [0.15, 0.2) is 6.10 Å². The van der Waals surface area contributed by atoms with Gasteiger partial charge in [-0.25, -0.2) is 0 Å². The second-order valence-corrected chi connectivity index (χ2v) is 5.93. The fourth-order valence-corrected chi connectivity index (χ4v) is 2.39. The van der Waals surface area contributed by atoms with Crippen LogP contribution in [0.1, 0.15) is 6.92 Å². The number of hydrogen-bond acceptors (Lipinski definition) is 5. The van der Waals surface area contributed by atoms with Crippen LogP contribution in [0, 0.1) is 0 Å². The van der Waals surface area contributed by atoms with E-state index in [1.54, 1.807) is 57.5 Å². The van der Waals surface area contributed by atoms with Gasteiger partial charge >= 0.3 is 0 Å². The third kappa shape index (κ3) is 5.97. The summed E-state index contributed by atoms with van der Waals surface area (Å²) in [5.74, 6) is 1.78. The molecular weight excluding hydrogens is 334 g/mol. The van der Waals surface area contributed by atoms with E-state index in [1.807, 2.05) is 18.2 Å². The zero-order valence-corrected chi connectivity index (χ0v) is 15.3. The number of ether oxygens (including phenoxy) is 3. The van der Waals surface area contributed by atoms with Crippen molar-refractivity contribution >= 4 is 5.91 Å². The minimum Gasteiger partial charge on any atom is -0.497 e. The van der Waals surface area contributed by atoms with E-state index in [4.69, 9.17) is 14.2 Å². The maximum absolute atomic E-state index is 12.4. The predicted molar refractivity (Wildman–Crippen MR) is 98.7 cm³/mol. The summed E-state index contributed by atoms with van der Waals surface area (Å²) in [6.45, 7) is 1.92. The molecule has 2 atom stereocenters. The van der Waals surface area contributed by atoms with E-state index in [1.165, 1.54) is 4.90 Å². The molecule has 0 aliphatic carbocycles. The SMILES string of the molecule is COc1ccc(OC[C@@H](O)CN(C)C(=O)[C@@H](C)Oc2ccccc2)cc1. The number of nitrogens with zero attached hydrogens (tertiary/aromatic N) is 1. The number of aliphatic hydroxyl groups is 1. The van der Waals surface area contributed by atoms with Crippen LogP contribution in [0.3, 0.4) is 0 Å². The van der Waals surface area contributed by atoms with E-state index in [9.17, 15) is 9.90 Å². The van der Waals surface area contributed by atoms with Crippen molar-refractivity contribution in [3.63, 3.8) is 0 Å². The highest BCUT2D eigenvalue weighted by molar-refractivity contribution is 5.80. The normalized spacial score (nSPS) is 12.8. The summed E-state index contributed by atoms with van der Waals surface area (Å²) in [6, 6.07) is 16.2. The Hall–Kier alpha value is -2.73. The number of para-hydroxylation sites is 1. The van der Waals surface area contributed by atoms with E-state index in [0.717, 1.165) is 5.75 Å². The van der Waals surface area contributed by atoms with Gasteiger partial charge in [0, 0.05) is 13.6 Å². The number of aliphatic hydroxyl groups excluding tert-OH is 1. The smallest absolute Gasteiger partial charge is 0.263 e. The van der Waals surface area contributed by atoms with Gasteiger partial charge in [0.05, 0.1) is 7.11 Å². The van der Waals surface area contributed by atoms with Crippen LogP contribution in [0.15, 0.2) is 54.6 Å². The van der Waals surface area contributed by atoms with Crippen molar-refractivity contribution in [3.05, 3.63) is 54.6 Å². The van der Waals surface area contributed by atoms with E-state index in [0.29, 0.717) is 11.5 Å². The van der Waals surface area contributed by atoms with Crippen molar-refractivity contribution in [2.24, 2.45) is 0 Å². The number of carbonyl (C=O) groups excluding carboxylic acids is 1. The molecule has 26 heavy (non-hydrogen) atoms. The summed E-state index contributed by atoms with van der Waals surface area (Å²) in [7, 11) is 3.22. The summed E-state index contributed by atoms with van der Waals surface area (Å²) < 4.78 is 16.2. The lowest BCUT2D eigenvalue weighted by Crippen LogP contribution is -2.43. The van der Waals surface area contributed by atoms with Crippen LogP contribution in [-0.2, 0) is 4.79 Å². The molecule has 2 rings (SSSR count). The maximum Gasteiger partial charge on any atom is 0.263 e. The number of rotatable bonds is 9. The molecule has 0 aromatic heterocycles. The molecular formula is C20H25NO5. The monoisotopic (exact) mass is 359 g/mol. The van der Waals surface area contributed by atoms with Crippen LogP contribution < -0.4 is 14.2 Å². The molecule has 0 fully saturated rings. The van der Waals surface area contributed by atoms with Crippen molar-refractivity contribution in [1.82, 2.24) is 4.90 Å². The van der Waals surface area contributed by atoms with Crippen molar-refractivity contribution in [2.45, 2.75) is 19.1 Å². The molecule has 0 saturated carbocycles. The van der Waals surface area contributed by atoms with Crippen molar-refractivity contribution < 1.29 is 24.1 Å². The standard InChI is InChI=1S/C20H25NO5/c1-15(26-19-7-5-4-6-8-19)20(23)21(2)13-16(22)14-25-18-11-9-17(24-3)10-12-18/h4-12,15-16,22H,13-14H2,1-3H3/t15-,16+/m1/s1. The fraction of sp³-hybridized carbons (Fsp3) is 0.350. The predicted octanol–water partition coefficient (Wildman–Crippen LogP) is 2.36. The van der Waals surface area contributed by atoms with Crippen LogP contribution in [0.2, 0.25) is 0 Å². The Morgan fingerprint density at radius 1 is 1.04 bits per heavy atom. The fourth-order valence-electron chi connectivity index (χ4n) is 2.39. The third-order valence-corrected chi connectivity index (χ3v) is 3.77. The molecule has 0 saturated heterocycles. The first-order valence-corrected chi connectivity index (χ1v) is 8.41. The number of benzene rings is 2. The van der Waals surface area contributed by atoms with Crippen molar-refractivity contribution in [2.75, 3.05) is 27.3 Å². The van der Waals surface area contributed by atoms with Gasteiger partial charge in [0.1, 0.15) is 30.0 Å². The van der Waals surface area contributed by atoms with Gasteiger partial charge in [-0.3, -0.25) is 4.79 Å². The lowest BCUT2D eigenvalue weighted by atomic mass is 10.3. The number of methoxy groups -OCH3 is 1. The average molecular weight is 359 g/mol. The number of likely N-dealkylation sites (N-methyl/N-ethyl adjacent to an activating group) is 1. The molecule has 0 bridgehead atoms. The Morgan fingerprint density at radius 2 is 1.65 bits per heavy atom. The van der Waals surface area contributed by atoms with Crippen LogP contribution >= 0.6 is 0 Å². The highest BCUT2D eigenvalue weighted by Crippen LogP contribution is 2.17. The first kappa shape index (κ1) is 19.6. The molecule has 1 amide bonds. The van der Waals surface area contributed by atoms with Gasteiger partial charge < -0.3 is 24.2 Å². The quantitative estimate of drug-likeness (QED) is 0.744. The first-order chi connectivity index (χ1) is 12.5. The molecule has 140 valence electrons. The highest BCUT2D eigenvalue weighted by Gasteiger charge is 2.21. The summed E-state index contributed by atoms with van der Waals surface area (Å²) >= 11 is 0. The van der Waals surface area contributed by atoms with E-state index in [-0.39, 0.29) is 19.1 Å². The van der Waals surface area contributed by atoms with Crippen LogP contribution in [0.4, 0.5) is 0 Å². The minimum absolute atomic E-state index is 0.0812. The average Bonchev–Trinajstić information content (AvgIpc) is 2.66.